The van der Waals surface area contributed by atoms with E-state index in [1.165, 1.54) is 17.8 Å². The largest absolute Gasteiger partial charge is 0.426 e. The number of hydrogen-bond donors (Lipinski definition) is 2. The Morgan fingerprint density at radius 1 is 1.62 bits per heavy atom. The maximum atomic E-state index is 12.8. The third kappa shape index (κ3) is 4.43. The Morgan fingerprint density at radius 2 is 2.35 bits per heavy atom. The van der Waals surface area contributed by atoms with Gasteiger partial charge in [0.25, 0.3) is 0 Å². The molecule has 0 fully saturated rings. The van der Waals surface area contributed by atoms with Crippen molar-refractivity contribution in [2.45, 2.75) is 45.2 Å². The van der Waals surface area contributed by atoms with E-state index in [-0.39, 0.29) is 5.91 Å². The highest BCUT2D eigenvalue weighted by Crippen LogP contribution is 2.30. The zero-order valence-corrected chi connectivity index (χ0v) is 15.9. The fourth-order valence-electron chi connectivity index (χ4n) is 2.54. The van der Waals surface area contributed by atoms with Crippen molar-refractivity contribution in [1.29, 1.82) is 0 Å². The highest BCUT2D eigenvalue weighted by molar-refractivity contribution is 8.16. The number of hydrogen-bond acceptors (Lipinski definition) is 7. The first kappa shape index (κ1) is 20.0. The molecule has 2 N–H and O–H groups in total. The highest BCUT2D eigenvalue weighted by Gasteiger charge is 2.40. The van der Waals surface area contributed by atoms with Crippen LogP contribution >= 0.6 is 11.8 Å². The fourth-order valence-corrected chi connectivity index (χ4v) is 3.67. The standard InChI is InChI=1S/C18H23N3O4S/c1-5-7-13(14-8-12(6-2)9-15(22)25-14)19-17(23)18(4)10-26-16(20-18)11(3)21-24/h6,8-9,13,24H,2,5,7,10H2,1,3-4H3,(H,19,23)/b21-11+/t13-,18?/m1/s1. The minimum Gasteiger partial charge on any atom is -0.426 e. The second-order valence-corrected chi connectivity index (χ2v) is 7.26. The first-order valence-electron chi connectivity index (χ1n) is 8.33. The van der Waals surface area contributed by atoms with Gasteiger partial charge in [0.05, 0.1) is 6.04 Å². The number of nitrogens with one attached hydrogen (secondary N) is 1. The fraction of sp³-hybridized carbons (Fsp3) is 0.444. The molecule has 2 atom stereocenters. The molecule has 1 aliphatic rings. The van der Waals surface area contributed by atoms with Gasteiger partial charge in [-0.1, -0.05) is 31.2 Å². The average Bonchev–Trinajstić information content (AvgIpc) is 3.03. The minimum absolute atomic E-state index is 0.268. The van der Waals surface area contributed by atoms with Gasteiger partial charge < -0.3 is 14.9 Å². The van der Waals surface area contributed by atoms with Gasteiger partial charge in [-0.2, -0.15) is 0 Å². The normalized spacial score (nSPS) is 21.2. The molecule has 0 aliphatic carbocycles. The molecule has 1 aromatic rings. The molecule has 0 saturated carbocycles. The Kier molecular flexibility index (Phi) is 6.42. The Balaban J connectivity index is 2.26. The molecule has 1 aromatic heterocycles. The minimum atomic E-state index is -0.978. The molecule has 0 radical (unpaired) electrons. The van der Waals surface area contributed by atoms with Crippen LogP contribution in [-0.4, -0.2) is 33.2 Å². The molecule has 1 amide bonds. The van der Waals surface area contributed by atoms with Crippen molar-refractivity contribution in [3.05, 3.63) is 40.5 Å². The van der Waals surface area contributed by atoms with E-state index in [2.05, 4.69) is 22.0 Å². The summed E-state index contributed by atoms with van der Waals surface area (Å²) in [6, 6.07) is 2.62. The van der Waals surface area contributed by atoms with Crippen molar-refractivity contribution in [2.24, 2.45) is 10.1 Å². The molecule has 0 aromatic carbocycles. The molecule has 0 bridgehead atoms. The van der Waals surface area contributed by atoms with E-state index in [4.69, 9.17) is 9.62 Å². The topological polar surface area (TPSA) is 104 Å². The van der Waals surface area contributed by atoms with Crippen molar-refractivity contribution in [1.82, 2.24) is 5.32 Å². The smallest absolute Gasteiger partial charge is 0.336 e. The van der Waals surface area contributed by atoms with Gasteiger partial charge in [0, 0.05) is 11.8 Å². The maximum absolute atomic E-state index is 12.8. The van der Waals surface area contributed by atoms with Crippen molar-refractivity contribution < 1.29 is 14.4 Å². The lowest BCUT2D eigenvalue weighted by atomic mass is 10.0. The Bertz CT molecular complexity index is 815. The SMILES string of the molecule is C=Cc1cc([C@@H](CCC)NC(=O)C2(C)CSC(/C(C)=N/O)=N2)oc(=O)c1. The Morgan fingerprint density at radius 3 is 2.96 bits per heavy atom. The van der Waals surface area contributed by atoms with E-state index in [1.807, 2.05) is 6.92 Å². The summed E-state index contributed by atoms with van der Waals surface area (Å²) < 4.78 is 5.30. The van der Waals surface area contributed by atoms with Crippen LogP contribution in [-0.2, 0) is 4.79 Å². The summed E-state index contributed by atoms with van der Waals surface area (Å²) in [7, 11) is 0. The van der Waals surface area contributed by atoms with Gasteiger partial charge in [-0.15, -0.1) is 11.8 Å². The van der Waals surface area contributed by atoms with Crippen molar-refractivity contribution in [3.8, 4) is 0 Å². The number of thioether (sulfide) groups is 1. The van der Waals surface area contributed by atoms with Crippen LogP contribution in [0.2, 0.25) is 0 Å². The maximum Gasteiger partial charge on any atom is 0.336 e. The van der Waals surface area contributed by atoms with E-state index in [9.17, 15) is 9.59 Å². The van der Waals surface area contributed by atoms with Crippen LogP contribution in [0.5, 0.6) is 0 Å². The molecule has 1 unspecified atom stereocenters. The summed E-state index contributed by atoms with van der Waals surface area (Å²) in [5.74, 6) is 0.571. The van der Waals surface area contributed by atoms with Gasteiger partial charge in [0.15, 0.2) is 0 Å². The Labute approximate surface area is 156 Å². The molecule has 26 heavy (non-hydrogen) atoms. The first-order valence-corrected chi connectivity index (χ1v) is 9.31. The van der Waals surface area contributed by atoms with Crippen LogP contribution in [0.4, 0.5) is 0 Å². The summed E-state index contributed by atoms with van der Waals surface area (Å²) in [6.45, 7) is 9.01. The van der Waals surface area contributed by atoms with Gasteiger partial charge in [0.2, 0.25) is 5.91 Å². The zero-order chi connectivity index (χ0) is 19.3. The second kappa shape index (κ2) is 8.35. The second-order valence-electron chi connectivity index (χ2n) is 6.30. The van der Waals surface area contributed by atoms with Gasteiger partial charge >= 0.3 is 5.63 Å². The molecule has 140 valence electrons. The molecule has 2 rings (SSSR count). The first-order chi connectivity index (χ1) is 12.3. The van der Waals surface area contributed by atoms with Crippen LogP contribution in [0, 0.1) is 0 Å². The van der Waals surface area contributed by atoms with Crippen LogP contribution in [0.3, 0.4) is 0 Å². The molecule has 7 nitrogen and oxygen atoms in total. The lowest BCUT2D eigenvalue weighted by molar-refractivity contribution is -0.125. The van der Waals surface area contributed by atoms with Crippen molar-refractivity contribution in [2.75, 3.05) is 5.75 Å². The number of carbonyl (C=O) groups excluding carboxylic acids is 1. The summed E-state index contributed by atoms with van der Waals surface area (Å²) in [5, 5.41) is 15.5. The lowest BCUT2D eigenvalue weighted by Gasteiger charge is -2.24. The van der Waals surface area contributed by atoms with Crippen molar-refractivity contribution >= 4 is 34.5 Å². The molecule has 0 spiro atoms. The lowest BCUT2D eigenvalue weighted by Crippen LogP contribution is -2.45. The van der Waals surface area contributed by atoms with Gasteiger partial charge in [-0.05, 0) is 31.9 Å². The summed E-state index contributed by atoms with van der Waals surface area (Å²) >= 11 is 1.37. The van der Waals surface area contributed by atoms with E-state index in [0.29, 0.717) is 34.3 Å². The predicted molar refractivity (Wildman–Crippen MR) is 104 cm³/mol. The molecule has 0 saturated heterocycles. The third-order valence-electron chi connectivity index (χ3n) is 4.06. The number of carbonyl (C=O) groups is 1. The Hall–Kier alpha value is -2.35. The van der Waals surface area contributed by atoms with Gasteiger partial charge in [0.1, 0.15) is 22.1 Å². The van der Waals surface area contributed by atoms with Crippen molar-refractivity contribution in [3.63, 3.8) is 0 Å². The third-order valence-corrected chi connectivity index (χ3v) is 5.43. The molecule has 8 heteroatoms. The number of rotatable bonds is 7. The van der Waals surface area contributed by atoms with E-state index in [0.717, 1.165) is 6.42 Å². The summed E-state index contributed by atoms with van der Waals surface area (Å²) in [6.07, 6.45) is 2.98. The molecular weight excluding hydrogens is 354 g/mol. The molecular formula is C18H23N3O4S. The van der Waals surface area contributed by atoms with E-state index >= 15 is 0 Å². The average molecular weight is 377 g/mol. The predicted octanol–water partition coefficient (Wildman–Crippen LogP) is 2.99. The van der Waals surface area contributed by atoms with Gasteiger partial charge in [-0.25, -0.2) is 4.79 Å². The zero-order valence-electron chi connectivity index (χ0n) is 15.1. The number of oxime groups is 1. The molecule has 2 heterocycles. The quantitative estimate of drug-likeness (QED) is 0.432. The summed E-state index contributed by atoms with van der Waals surface area (Å²) in [4.78, 5) is 29.0. The summed E-state index contributed by atoms with van der Waals surface area (Å²) in [5.41, 5.74) is -0.440. The van der Waals surface area contributed by atoms with Crippen LogP contribution in [0.1, 0.15) is 51.0 Å². The van der Waals surface area contributed by atoms with Crippen LogP contribution in [0.25, 0.3) is 6.08 Å². The van der Waals surface area contributed by atoms with E-state index < -0.39 is 17.2 Å². The highest BCUT2D eigenvalue weighted by atomic mass is 32.2. The molecule has 1 aliphatic heterocycles. The number of amides is 1. The van der Waals surface area contributed by atoms with E-state index in [1.54, 1.807) is 26.0 Å². The van der Waals surface area contributed by atoms with Crippen LogP contribution in [0.15, 0.2) is 38.1 Å². The monoisotopic (exact) mass is 377 g/mol. The number of aliphatic imine (C=N–C) groups is 1. The van der Waals surface area contributed by atoms with Crippen LogP contribution < -0.4 is 10.9 Å². The number of nitrogens with zero attached hydrogens (tertiary/aromatic N) is 2. The van der Waals surface area contributed by atoms with Gasteiger partial charge in [-0.3, -0.25) is 9.79 Å².